The van der Waals surface area contributed by atoms with E-state index >= 15 is 0 Å². The predicted molar refractivity (Wildman–Crippen MR) is 99.4 cm³/mol. The molecule has 2 rings (SSSR count). The van der Waals surface area contributed by atoms with Gasteiger partial charge in [0, 0.05) is 11.8 Å². The Morgan fingerprint density at radius 1 is 1.23 bits per heavy atom. The van der Waals surface area contributed by atoms with Crippen molar-refractivity contribution < 1.29 is 22.3 Å². The molecule has 0 aliphatic heterocycles. The lowest BCUT2D eigenvalue weighted by molar-refractivity contribution is -0.117. The second kappa shape index (κ2) is 8.18. The molecule has 0 heterocycles. The molecule has 1 N–H and O–H groups in total. The van der Waals surface area contributed by atoms with Crippen LogP contribution in [0.2, 0.25) is 0 Å². The summed E-state index contributed by atoms with van der Waals surface area (Å²) in [5, 5.41) is 2.66. The Balaban J connectivity index is 2.38. The first-order valence-electron chi connectivity index (χ1n) is 7.96. The van der Waals surface area contributed by atoms with E-state index < -0.39 is 27.8 Å². The molecule has 6 nitrogen and oxygen atoms in total. The summed E-state index contributed by atoms with van der Waals surface area (Å²) in [6, 6.07) is 11.0. The van der Waals surface area contributed by atoms with Crippen LogP contribution < -0.4 is 14.4 Å². The molecule has 0 spiro atoms. The van der Waals surface area contributed by atoms with Gasteiger partial charge in [-0.05, 0) is 30.7 Å². The lowest BCUT2D eigenvalue weighted by Gasteiger charge is -2.30. The number of nitrogens with zero attached hydrogens (tertiary/aromatic N) is 1. The third kappa shape index (κ3) is 4.51. The molecule has 1 amide bonds. The number of sulfonamides is 1. The molecule has 8 heteroatoms. The molecule has 140 valence electrons. The Morgan fingerprint density at radius 3 is 2.50 bits per heavy atom. The second-order valence-electron chi connectivity index (χ2n) is 5.66. The monoisotopic (exact) mass is 380 g/mol. The number of methoxy groups -OCH3 is 1. The normalized spacial score (nSPS) is 12.3. The van der Waals surface area contributed by atoms with Crippen molar-refractivity contribution in [1.82, 2.24) is 0 Å². The van der Waals surface area contributed by atoms with Crippen molar-refractivity contribution >= 4 is 27.3 Å². The fraction of sp³-hybridized carbons (Fsp3) is 0.278. The van der Waals surface area contributed by atoms with Crippen molar-refractivity contribution in [3.05, 3.63) is 54.3 Å². The van der Waals surface area contributed by atoms with Gasteiger partial charge in [0.05, 0.1) is 19.1 Å². The van der Waals surface area contributed by atoms with E-state index in [1.54, 1.807) is 31.2 Å². The van der Waals surface area contributed by atoms with Crippen LogP contribution >= 0.6 is 0 Å². The number of rotatable bonds is 7. The summed E-state index contributed by atoms with van der Waals surface area (Å²) >= 11 is 0. The third-order valence-electron chi connectivity index (χ3n) is 3.76. The zero-order valence-corrected chi connectivity index (χ0v) is 15.6. The highest BCUT2D eigenvalue weighted by Crippen LogP contribution is 2.26. The molecule has 0 fully saturated rings. The summed E-state index contributed by atoms with van der Waals surface area (Å²) in [5.74, 6) is -0.732. The molecular formula is C18H21FN2O4S. The van der Waals surface area contributed by atoms with Gasteiger partial charge in [0.25, 0.3) is 0 Å². The number of hydrogen-bond acceptors (Lipinski definition) is 4. The van der Waals surface area contributed by atoms with Crippen molar-refractivity contribution in [2.45, 2.75) is 19.4 Å². The maximum absolute atomic E-state index is 14.2. The van der Waals surface area contributed by atoms with Crippen LogP contribution in [0.3, 0.4) is 0 Å². The standard InChI is InChI=1S/C18H21FN2O4S/c1-4-16(18(22)20-13-8-7-9-14(12-13)25-2)21(26(3,23)24)17-11-6-5-10-15(17)19/h5-12,16H,4H2,1-3H3,(H,20,22)/t16-/m1/s1. The highest BCUT2D eigenvalue weighted by Gasteiger charge is 2.33. The average molecular weight is 380 g/mol. The van der Waals surface area contributed by atoms with Gasteiger partial charge in [0.2, 0.25) is 15.9 Å². The summed E-state index contributed by atoms with van der Waals surface area (Å²) < 4.78 is 44.7. The molecule has 0 aliphatic rings. The van der Waals surface area contributed by atoms with Crippen LogP contribution in [0.15, 0.2) is 48.5 Å². The van der Waals surface area contributed by atoms with E-state index in [1.807, 2.05) is 0 Å². The lowest BCUT2D eigenvalue weighted by atomic mass is 10.1. The summed E-state index contributed by atoms with van der Waals surface area (Å²) in [5.41, 5.74) is 0.289. The van der Waals surface area contributed by atoms with Crippen LogP contribution in [0.1, 0.15) is 13.3 Å². The SMILES string of the molecule is CC[C@H](C(=O)Nc1cccc(OC)c1)N(c1ccccc1F)S(C)(=O)=O. The first-order valence-corrected chi connectivity index (χ1v) is 9.81. The van der Waals surface area contributed by atoms with E-state index in [0.717, 1.165) is 16.6 Å². The molecule has 2 aromatic carbocycles. The third-order valence-corrected chi connectivity index (χ3v) is 4.92. The van der Waals surface area contributed by atoms with Crippen molar-refractivity contribution in [3.8, 4) is 5.75 Å². The number of nitrogens with one attached hydrogen (secondary N) is 1. The Hall–Kier alpha value is -2.61. The molecule has 0 saturated heterocycles. The quantitative estimate of drug-likeness (QED) is 0.801. The molecule has 0 radical (unpaired) electrons. The Morgan fingerprint density at radius 2 is 1.92 bits per heavy atom. The van der Waals surface area contributed by atoms with Crippen LogP contribution in [0.4, 0.5) is 15.8 Å². The van der Waals surface area contributed by atoms with Crippen LogP contribution in [0.5, 0.6) is 5.75 Å². The minimum Gasteiger partial charge on any atom is -0.497 e. The van der Waals surface area contributed by atoms with Crippen LogP contribution in [0.25, 0.3) is 0 Å². The first-order chi connectivity index (χ1) is 12.3. The molecule has 0 bridgehead atoms. The van der Waals surface area contributed by atoms with Gasteiger partial charge in [-0.2, -0.15) is 0 Å². The van der Waals surface area contributed by atoms with Gasteiger partial charge in [-0.1, -0.05) is 25.1 Å². The Bertz CT molecular complexity index is 886. The zero-order valence-electron chi connectivity index (χ0n) is 14.8. The smallest absolute Gasteiger partial charge is 0.248 e. The van der Waals surface area contributed by atoms with E-state index in [-0.39, 0.29) is 12.1 Å². The molecule has 1 atom stereocenters. The minimum atomic E-state index is -3.89. The number of ether oxygens (including phenoxy) is 1. The van der Waals surface area contributed by atoms with Gasteiger partial charge in [-0.15, -0.1) is 0 Å². The predicted octanol–water partition coefficient (Wildman–Crippen LogP) is 3.02. The maximum Gasteiger partial charge on any atom is 0.248 e. The summed E-state index contributed by atoms with van der Waals surface area (Å²) in [6.45, 7) is 1.66. The highest BCUT2D eigenvalue weighted by molar-refractivity contribution is 7.92. The Labute approximate surface area is 152 Å². The number of para-hydroxylation sites is 1. The van der Waals surface area contributed by atoms with Crippen molar-refractivity contribution in [3.63, 3.8) is 0 Å². The van der Waals surface area contributed by atoms with Gasteiger partial charge < -0.3 is 10.1 Å². The fourth-order valence-electron chi connectivity index (χ4n) is 2.59. The summed E-state index contributed by atoms with van der Waals surface area (Å²) in [4.78, 5) is 12.7. The van der Waals surface area contributed by atoms with Gasteiger partial charge in [-0.3, -0.25) is 9.10 Å². The van der Waals surface area contributed by atoms with Gasteiger partial charge in [-0.25, -0.2) is 12.8 Å². The molecule has 0 unspecified atom stereocenters. The van der Waals surface area contributed by atoms with Crippen LogP contribution in [-0.4, -0.2) is 33.7 Å². The van der Waals surface area contributed by atoms with Crippen molar-refractivity contribution in [1.29, 1.82) is 0 Å². The molecule has 26 heavy (non-hydrogen) atoms. The maximum atomic E-state index is 14.2. The zero-order chi connectivity index (χ0) is 19.3. The number of anilines is 2. The van der Waals surface area contributed by atoms with E-state index in [2.05, 4.69) is 5.32 Å². The number of hydrogen-bond donors (Lipinski definition) is 1. The summed E-state index contributed by atoms with van der Waals surface area (Å²) in [6.07, 6.45) is 1.11. The van der Waals surface area contributed by atoms with Crippen LogP contribution in [0, 0.1) is 5.82 Å². The summed E-state index contributed by atoms with van der Waals surface area (Å²) in [7, 11) is -2.39. The molecule has 0 aliphatic carbocycles. The van der Waals surface area contributed by atoms with Crippen LogP contribution in [-0.2, 0) is 14.8 Å². The largest absolute Gasteiger partial charge is 0.497 e. The van der Waals surface area contributed by atoms with E-state index in [0.29, 0.717) is 11.4 Å². The van der Waals surface area contributed by atoms with Gasteiger partial charge in [0.15, 0.2) is 0 Å². The lowest BCUT2D eigenvalue weighted by Crippen LogP contribution is -2.47. The fourth-order valence-corrected chi connectivity index (χ4v) is 3.80. The minimum absolute atomic E-state index is 0.164. The molecule has 0 aromatic heterocycles. The van der Waals surface area contributed by atoms with Crippen molar-refractivity contribution in [2.75, 3.05) is 23.0 Å². The van der Waals surface area contributed by atoms with E-state index in [9.17, 15) is 17.6 Å². The number of halogens is 1. The molecule has 0 saturated carbocycles. The number of amides is 1. The van der Waals surface area contributed by atoms with Crippen molar-refractivity contribution in [2.24, 2.45) is 0 Å². The Kier molecular flexibility index (Phi) is 6.20. The molecule has 2 aromatic rings. The second-order valence-corrected chi connectivity index (χ2v) is 7.51. The van der Waals surface area contributed by atoms with E-state index in [1.165, 1.54) is 25.3 Å². The number of benzene rings is 2. The van der Waals surface area contributed by atoms with Gasteiger partial charge in [0.1, 0.15) is 17.6 Å². The molecular weight excluding hydrogens is 359 g/mol. The topological polar surface area (TPSA) is 75.7 Å². The first kappa shape index (κ1) is 19.7. The van der Waals surface area contributed by atoms with E-state index in [4.69, 9.17) is 4.74 Å². The average Bonchev–Trinajstić information content (AvgIpc) is 2.59. The number of carbonyl (C=O) groups excluding carboxylic acids is 1. The highest BCUT2D eigenvalue weighted by atomic mass is 32.2. The van der Waals surface area contributed by atoms with Gasteiger partial charge >= 0.3 is 0 Å². The number of carbonyl (C=O) groups is 1.